The summed E-state index contributed by atoms with van der Waals surface area (Å²) in [6.07, 6.45) is 4.42. The van der Waals surface area contributed by atoms with Crippen LogP contribution >= 0.6 is 0 Å². The third-order valence-corrected chi connectivity index (χ3v) is 2.76. The molecule has 1 atom stereocenters. The minimum Gasteiger partial charge on any atom is -0.383 e. The number of carbonyl (C=O) groups excluding carboxylic acids is 1. The Morgan fingerprint density at radius 3 is 3.00 bits per heavy atom. The number of hydrogen-bond donors (Lipinski definition) is 2. The molecule has 2 rings (SSSR count). The molecule has 0 aromatic carbocycles. The molecular formula is C12H14N6O3. The molecule has 21 heavy (non-hydrogen) atoms. The van der Waals surface area contributed by atoms with Gasteiger partial charge in [0.25, 0.3) is 11.6 Å². The van der Waals surface area contributed by atoms with Crippen LogP contribution in [0.25, 0.3) is 0 Å². The highest BCUT2D eigenvalue weighted by Gasteiger charge is 2.18. The zero-order valence-corrected chi connectivity index (χ0v) is 11.3. The third kappa shape index (κ3) is 3.53. The van der Waals surface area contributed by atoms with Crippen molar-refractivity contribution < 1.29 is 9.72 Å². The van der Waals surface area contributed by atoms with E-state index in [0.29, 0.717) is 6.54 Å². The molecule has 110 valence electrons. The van der Waals surface area contributed by atoms with Gasteiger partial charge in [0, 0.05) is 24.5 Å². The van der Waals surface area contributed by atoms with E-state index in [1.54, 1.807) is 30.1 Å². The van der Waals surface area contributed by atoms with Gasteiger partial charge in [-0.15, -0.1) is 0 Å². The molecule has 0 spiro atoms. The van der Waals surface area contributed by atoms with E-state index in [2.05, 4.69) is 15.4 Å². The molecule has 0 saturated heterocycles. The second-order valence-corrected chi connectivity index (χ2v) is 4.49. The Morgan fingerprint density at radius 2 is 2.38 bits per heavy atom. The summed E-state index contributed by atoms with van der Waals surface area (Å²) in [5.74, 6) is -0.562. The van der Waals surface area contributed by atoms with E-state index >= 15 is 0 Å². The van der Waals surface area contributed by atoms with Crippen molar-refractivity contribution in [3.05, 3.63) is 46.4 Å². The molecule has 3 N–H and O–H groups in total. The van der Waals surface area contributed by atoms with E-state index in [-0.39, 0.29) is 23.1 Å². The van der Waals surface area contributed by atoms with Crippen molar-refractivity contribution >= 4 is 17.4 Å². The Hall–Kier alpha value is -2.97. The lowest BCUT2D eigenvalue weighted by Crippen LogP contribution is -2.36. The fraction of sp³-hybridized carbons (Fsp3) is 0.250. The Bertz CT molecular complexity index is 655. The number of aromatic nitrogens is 3. The van der Waals surface area contributed by atoms with Gasteiger partial charge in [0.1, 0.15) is 12.0 Å². The van der Waals surface area contributed by atoms with E-state index in [4.69, 9.17) is 5.73 Å². The van der Waals surface area contributed by atoms with E-state index in [1.165, 1.54) is 0 Å². The van der Waals surface area contributed by atoms with Crippen molar-refractivity contribution in [1.82, 2.24) is 20.1 Å². The fourth-order valence-corrected chi connectivity index (χ4v) is 1.78. The van der Waals surface area contributed by atoms with Crippen LogP contribution in [0.2, 0.25) is 0 Å². The first-order chi connectivity index (χ1) is 9.97. The molecule has 1 unspecified atom stereocenters. The van der Waals surface area contributed by atoms with Gasteiger partial charge in [0.05, 0.1) is 17.0 Å². The maximum atomic E-state index is 12.1. The molecule has 2 heterocycles. The summed E-state index contributed by atoms with van der Waals surface area (Å²) in [5.41, 5.74) is 5.29. The molecule has 1 amide bonds. The second kappa shape index (κ2) is 5.99. The molecule has 9 heteroatoms. The van der Waals surface area contributed by atoms with E-state index < -0.39 is 10.8 Å². The number of rotatable bonds is 5. The van der Waals surface area contributed by atoms with Crippen LogP contribution < -0.4 is 11.1 Å². The van der Waals surface area contributed by atoms with Gasteiger partial charge in [-0.1, -0.05) is 0 Å². The first-order valence-electron chi connectivity index (χ1n) is 6.15. The summed E-state index contributed by atoms with van der Waals surface area (Å²) in [5, 5.41) is 17.4. The lowest BCUT2D eigenvalue weighted by Gasteiger charge is -2.14. The molecule has 0 aliphatic rings. The first kappa shape index (κ1) is 14.4. The maximum absolute atomic E-state index is 12.1. The predicted octanol–water partition coefficient (Wildman–Crippen LogP) is 0.587. The number of hydrogen-bond acceptors (Lipinski definition) is 6. The van der Waals surface area contributed by atoms with Crippen LogP contribution in [0.1, 0.15) is 17.3 Å². The molecule has 0 aliphatic carbocycles. The molecule has 0 bridgehead atoms. The summed E-state index contributed by atoms with van der Waals surface area (Å²) in [7, 11) is 0. The highest BCUT2D eigenvalue weighted by atomic mass is 16.6. The van der Waals surface area contributed by atoms with Gasteiger partial charge >= 0.3 is 0 Å². The summed E-state index contributed by atoms with van der Waals surface area (Å²) in [6.45, 7) is 2.27. The molecule has 0 fully saturated rings. The van der Waals surface area contributed by atoms with Crippen molar-refractivity contribution in [2.75, 3.05) is 5.73 Å². The predicted molar refractivity (Wildman–Crippen MR) is 74.5 cm³/mol. The van der Waals surface area contributed by atoms with Crippen LogP contribution in [0, 0.1) is 10.1 Å². The van der Waals surface area contributed by atoms with Crippen LogP contribution in [0.3, 0.4) is 0 Å². The minimum atomic E-state index is -0.629. The third-order valence-electron chi connectivity index (χ3n) is 2.76. The van der Waals surface area contributed by atoms with Gasteiger partial charge in [0.2, 0.25) is 0 Å². The highest BCUT2D eigenvalue weighted by molar-refractivity contribution is 5.99. The summed E-state index contributed by atoms with van der Waals surface area (Å²) in [4.78, 5) is 25.8. The maximum Gasteiger partial charge on any atom is 0.288 e. The van der Waals surface area contributed by atoms with Crippen molar-refractivity contribution in [3.8, 4) is 0 Å². The molecular weight excluding hydrogens is 276 g/mol. The quantitative estimate of drug-likeness (QED) is 0.612. The number of nitrogens with two attached hydrogens (primary N) is 1. The monoisotopic (exact) mass is 290 g/mol. The Kier molecular flexibility index (Phi) is 4.12. The SMILES string of the molecule is CC(Cn1cccn1)NC(=O)c1cc([N+](=O)[O-])cnc1N. The highest BCUT2D eigenvalue weighted by Crippen LogP contribution is 2.16. The summed E-state index contributed by atoms with van der Waals surface area (Å²) >= 11 is 0. The number of anilines is 1. The molecule has 0 saturated carbocycles. The van der Waals surface area contributed by atoms with Crippen molar-refractivity contribution in [3.63, 3.8) is 0 Å². The number of amides is 1. The van der Waals surface area contributed by atoms with Crippen LogP contribution in [0.4, 0.5) is 11.5 Å². The van der Waals surface area contributed by atoms with Gasteiger partial charge in [-0.25, -0.2) is 4.98 Å². The largest absolute Gasteiger partial charge is 0.383 e. The molecule has 0 radical (unpaired) electrons. The zero-order chi connectivity index (χ0) is 15.4. The number of nitrogen functional groups attached to an aromatic ring is 1. The van der Waals surface area contributed by atoms with Crippen LogP contribution in [-0.2, 0) is 6.54 Å². The van der Waals surface area contributed by atoms with Crippen molar-refractivity contribution in [2.45, 2.75) is 19.5 Å². The Labute approximate surface area is 119 Å². The number of carbonyl (C=O) groups is 1. The Balaban J connectivity index is 2.09. The second-order valence-electron chi connectivity index (χ2n) is 4.49. The lowest BCUT2D eigenvalue weighted by molar-refractivity contribution is -0.385. The van der Waals surface area contributed by atoms with E-state index in [1.807, 2.05) is 0 Å². The molecule has 2 aromatic rings. The number of nitrogens with zero attached hydrogens (tertiary/aromatic N) is 4. The molecule has 9 nitrogen and oxygen atoms in total. The van der Waals surface area contributed by atoms with Gasteiger partial charge in [0.15, 0.2) is 0 Å². The average molecular weight is 290 g/mol. The standard InChI is InChI=1S/C12H14N6O3/c1-8(7-17-4-2-3-15-17)16-12(19)10-5-9(18(20)21)6-14-11(10)13/h2-6,8H,7H2,1H3,(H2,13,14)(H,16,19). The van der Waals surface area contributed by atoms with Gasteiger partial charge < -0.3 is 11.1 Å². The number of nitro groups is 1. The van der Waals surface area contributed by atoms with Crippen LogP contribution in [0.5, 0.6) is 0 Å². The van der Waals surface area contributed by atoms with Crippen LogP contribution in [0.15, 0.2) is 30.7 Å². The normalized spacial score (nSPS) is 11.9. The fourth-order valence-electron chi connectivity index (χ4n) is 1.78. The van der Waals surface area contributed by atoms with Gasteiger partial charge in [-0.3, -0.25) is 19.6 Å². The van der Waals surface area contributed by atoms with Crippen LogP contribution in [-0.4, -0.2) is 31.6 Å². The van der Waals surface area contributed by atoms with Gasteiger partial charge in [-0.2, -0.15) is 5.10 Å². The van der Waals surface area contributed by atoms with E-state index in [0.717, 1.165) is 12.3 Å². The topological polar surface area (TPSA) is 129 Å². The smallest absolute Gasteiger partial charge is 0.288 e. The molecule has 0 aliphatic heterocycles. The zero-order valence-electron chi connectivity index (χ0n) is 11.3. The minimum absolute atomic E-state index is 0.0171. The molecule has 2 aromatic heterocycles. The van der Waals surface area contributed by atoms with Crippen molar-refractivity contribution in [2.24, 2.45) is 0 Å². The average Bonchev–Trinajstić information content (AvgIpc) is 2.91. The number of nitrogens with one attached hydrogen (secondary N) is 1. The summed E-state index contributed by atoms with van der Waals surface area (Å²) < 4.78 is 1.67. The first-order valence-corrected chi connectivity index (χ1v) is 6.15. The van der Waals surface area contributed by atoms with Gasteiger partial charge in [-0.05, 0) is 13.0 Å². The summed E-state index contributed by atoms with van der Waals surface area (Å²) in [6, 6.07) is 2.66. The number of pyridine rings is 1. The Morgan fingerprint density at radius 1 is 1.62 bits per heavy atom. The lowest BCUT2D eigenvalue weighted by atomic mass is 10.2. The van der Waals surface area contributed by atoms with E-state index in [9.17, 15) is 14.9 Å². The van der Waals surface area contributed by atoms with Crippen molar-refractivity contribution in [1.29, 1.82) is 0 Å².